The Morgan fingerprint density at radius 3 is 1.82 bits per heavy atom. The molecule has 0 radical (unpaired) electrons. The molecule has 1 N–H and O–H groups in total. The van der Waals surface area contributed by atoms with Gasteiger partial charge in [-0.2, -0.15) is 0 Å². The van der Waals surface area contributed by atoms with Crippen LogP contribution in [0.15, 0.2) is 103 Å². The molecule has 1 heterocycles. The molecule has 1 aliphatic carbocycles. The average Bonchev–Trinajstić information content (AvgIpc) is 3.40. The summed E-state index contributed by atoms with van der Waals surface area (Å²) < 4.78 is 7.79. The van der Waals surface area contributed by atoms with Gasteiger partial charge in [-0.05, 0) is 52.8 Å². The fraction of sp³-hybridized carbons (Fsp3) is 0.156. The van der Waals surface area contributed by atoms with E-state index >= 15 is 0 Å². The summed E-state index contributed by atoms with van der Waals surface area (Å²) in [6.07, 6.45) is 1.67. The van der Waals surface area contributed by atoms with Crippen LogP contribution >= 0.6 is 23.2 Å². The summed E-state index contributed by atoms with van der Waals surface area (Å²) in [6.45, 7) is 0. The zero-order valence-electron chi connectivity index (χ0n) is 21.4. The number of hydrogen-bond acceptors (Lipinski definition) is 4. The van der Waals surface area contributed by atoms with Crippen molar-refractivity contribution in [3.63, 3.8) is 0 Å². The number of hydrogen-bond donors (Lipinski definition) is 1. The first-order chi connectivity index (χ1) is 19.5. The molecule has 0 fully saturated rings. The lowest BCUT2D eigenvalue weighted by Gasteiger charge is -2.36. The summed E-state index contributed by atoms with van der Waals surface area (Å²) in [5.41, 5.74) is 3.40. The maximum atomic E-state index is 13.0. The molecule has 1 aromatic heterocycles. The van der Waals surface area contributed by atoms with Crippen molar-refractivity contribution in [1.29, 1.82) is 0 Å². The molecule has 0 spiro atoms. The van der Waals surface area contributed by atoms with Crippen molar-refractivity contribution >= 4 is 29.2 Å². The first kappa shape index (κ1) is 26.1. The fourth-order valence-corrected chi connectivity index (χ4v) is 6.02. The van der Waals surface area contributed by atoms with E-state index in [1.807, 2.05) is 103 Å². The Morgan fingerprint density at radius 2 is 1.32 bits per heavy atom. The number of rotatable bonds is 7. The summed E-state index contributed by atoms with van der Waals surface area (Å²) in [7, 11) is 0. The zero-order chi connectivity index (χ0) is 27.7. The first-order valence-electron chi connectivity index (χ1n) is 13.0. The Kier molecular flexibility index (Phi) is 7.05. The normalized spacial score (nSPS) is 14.9. The van der Waals surface area contributed by atoms with Crippen LogP contribution in [0.25, 0.3) is 0 Å². The number of aromatic nitrogens is 3. The Bertz CT molecular complexity index is 1560. The molecule has 0 saturated carbocycles. The van der Waals surface area contributed by atoms with Crippen LogP contribution in [-0.4, -0.2) is 32.2 Å². The highest BCUT2D eigenvalue weighted by Gasteiger charge is 2.44. The van der Waals surface area contributed by atoms with Crippen LogP contribution in [0.2, 0.25) is 10.0 Å². The van der Waals surface area contributed by atoms with E-state index in [4.69, 9.17) is 27.9 Å². The van der Waals surface area contributed by atoms with E-state index in [1.165, 1.54) is 4.68 Å². The molecule has 5 aromatic rings. The predicted molar refractivity (Wildman–Crippen MR) is 154 cm³/mol. The average molecular weight is 570 g/mol. The van der Waals surface area contributed by atoms with Crippen LogP contribution < -0.4 is 4.74 Å². The summed E-state index contributed by atoms with van der Waals surface area (Å²) >= 11 is 12.5. The Hall–Kier alpha value is -4.13. The standard InChI is InChI=1S/C32H25Cl2N3O3/c33-27-19-21-16-17-26(18-22(21)20-28(27)34)40-30-29(31(38)39)37(36-35-30)32(23-10-4-1-5-11-23,24-12-6-2-7-13-24)25-14-8-3-9-15-25/h1-15,19-20,26H,16-18H2,(H,38,39). The molecule has 4 aromatic carbocycles. The topological polar surface area (TPSA) is 77.2 Å². The van der Waals surface area contributed by atoms with E-state index in [0.29, 0.717) is 22.9 Å². The zero-order valence-corrected chi connectivity index (χ0v) is 22.9. The summed E-state index contributed by atoms with van der Waals surface area (Å²) in [6, 6.07) is 33.0. The molecule has 6 rings (SSSR count). The highest BCUT2D eigenvalue weighted by Crippen LogP contribution is 2.42. The Balaban J connectivity index is 1.51. The highest BCUT2D eigenvalue weighted by atomic mass is 35.5. The lowest BCUT2D eigenvalue weighted by atomic mass is 9.77. The molecule has 1 atom stereocenters. The van der Waals surface area contributed by atoms with E-state index in [0.717, 1.165) is 34.2 Å². The van der Waals surface area contributed by atoms with Gasteiger partial charge in [-0.3, -0.25) is 0 Å². The minimum Gasteiger partial charge on any atom is -0.476 e. The van der Waals surface area contributed by atoms with Crippen molar-refractivity contribution in [2.75, 3.05) is 0 Å². The van der Waals surface area contributed by atoms with E-state index in [9.17, 15) is 9.90 Å². The van der Waals surface area contributed by atoms with Gasteiger partial charge in [0, 0.05) is 6.42 Å². The number of carboxylic acids is 1. The molecular weight excluding hydrogens is 545 g/mol. The lowest BCUT2D eigenvalue weighted by molar-refractivity contribution is 0.0669. The maximum absolute atomic E-state index is 13.0. The number of aryl methyl sites for hydroxylation is 1. The third kappa shape index (κ3) is 4.53. The molecule has 6 nitrogen and oxygen atoms in total. The second kappa shape index (κ2) is 10.8. The quantitative estimate of drug-likeness (QED) is 0.212. The third-order valence-electron chi connectivity index (χ3n) is 7.44. The van der Waals surface area contributed by atoms with Crippen molar-refractivity contribution in [3.8, 4) is 5.88 Å². The molecule has 40 heavy (non-hydrogen) atoms. The van der Waals surface area contributed by atoms with Gasteiger partial charge in [-0.1, -0.05) is 125 Å². The van der Waals surface area contributed by atoms with Crippen molar-refractivity contribution < 1.29 is 14.6 Å². The Labute approximate surface area is 241 Å². The second-order valence-electron chi connectivity index (χ2n) is 9.79. The largest absolute Gasteiger partial charge is 0.476 e. The van der Waals surface area contributed by atoms with Crippen LogP contribution in [-0.2, 0) is 18.4 Å². The Morgan fingerprint density at radius 1 is 0.825 bits per heavy atom. The van der Waals surface area contributed by atoms with Crippen LogP contribution in [0.3, 0.4) is 0 Å². The van der Waals surface area contributed by atoms with E-state index in [-0.39, 0.29) is 17.7 Å². The number of fused-ring (bicyclic) bond motifs is 1. The third-order valence-corrected chi connectivity index (χ3v) is 8.16. The molecule has 0 amide bonds. The SMILES string of the molecule is O=C(O)c1c(OC2CCc3cc(Cl)c(Cl)cc3C2)nnn1C(c1ccccc1)(c1ccccc1)c1ccccc1. The van der Waals surface area contributed by atoms with Gasteiger partial charge in [0.05, 0.1) is 10.0 Å². The lowest BCUT2D eigenvalue weighted by Crippen LogP contribution is -2.40. The highest BCUT2D eigenvalue weighted by molar-refractivity contribution is 6.42. The maximum Gasteiger partial charge on any atom is 0.359 e. The van der Waals surface area contributed by atoms with Crippen LogP contribution in [0.4, 0.5) is 0 Å². The number of carboxylic acid groups (broad SMARTS) is 1. The number of benzene rings is 4. The van der Waals surface area contributed by atoms with Gasteiger partial charge in [0.2, 0.25) is 5.69 Å². The minimum absolute atomic E-state index is 0.0202. The van der Waals surface area contributed by atoms with Crippen molar-refractivity contribution in [2.24, 2.45) is 0 Å². The monoisotopic (exact) mass is 569 g/mol. The van der Waals surface area contributed by atoms with E-state index < -0.39 is 11.5 Å². The van der Waals surface area contributed by atoms with Crippen molar-refractivity contribution in [1.82, 2.24) is 15.0 Å². The van der Waals surface area contributed by atoms with Crippen LogP contribution in [0.5, 0.6) is 5.88 Å². The van der Waals surface area contributed by atoms with Crippen LogP contribution in [0, 0.1) is 0 Å². The van der Waals surface area contributed by atoms with Gasteiger partial charge in [0.25, 0.3) is 5.88 Å². The number of halogens is 2. The summed E-state index contributed by atoms with van der Waals surface area (Å²) in [4.78, 5) is 13.0. The number of carbonyl (C=O) groups is 1. The molecular formula is C32H25Cl2N3O3. The first-order valence-corrected chi connectivity index (χ1v) is 13.7. The van der Waals surface area contributed by atoms with Gasteiger partial charge >= 0.3 is 5.97 Å². The molecule has 8 heteroatoms. The number of nitrogens with zero attached hydrogens (tertiary/aromatic N) is 3. The summed E-state index contributed by atoms with van der Waals surface area (Å²) in [5.74, 6) is -1.20. The van der Waals surface area contributed by atoms with Crippen molar-refractivity contribution in [2.45, 2.75) is 30.9 Å². The van der Waals surface area contributed by atoms with E-state index in [2.05, 4.69) is 10.3 Å². The van der Waals surface area contributed by atoms with Crippen molar-refractivity contribution in [3.05, 3.63) is 147 Å². The van der Waals surface area contributed by atoms with Gasteiger partial charge < -0.3 is 9.84 Å². The van der Waals surface area contributed by atoms with E-state index in [1.54, 1.807) is 0 Å². The van der Waals surface area contributed by atoms with Gasteiger partial charge in [-0.15, -0.1) is 0 Å². The minimum atomic E-state index is -1.18. The molecule has 0 saturated heterocycles. The fourth-order valence-electron chi connectivity index (χ4n) is 5.64. The van der Waals surface area contributed by atoms with Gasteiger partial charge in [0.1, 0.15) is 11.6 Å². The smallest absolute Gasteiger partial charge is 0.359 e. The number of aromatic carboxylic acids is 1. The summed E-state index contributed by atoms with van der Waals surface area (Å²) in [5, 5.41) is 20.4. The predicted octanol–water partition coefficient (Wildman–Crippen LogP) is 7.06. The second-order valence-corrected chi connectivity index (χ2v) is 10.6. The van der Waals surface area contributed by atoms with Gasteiger partial charge in [0.15, 0.2) is 0 Å². The van der Waals surface area contributed by atoms with Gasteiger partial charge in [-0.25, -0.2) is 9.48 Å². The molecule has 1 unspecified atom stereocenters. The molecule has 200 valence electrons. The molecule has 1 aliphatic rings. The number of ether oxygens (including phenoxy) is 1. The van der Waals surface area contributed by atoms with Crippen LogP contribution in [0.1, 0.15) is 44.7 Å². The molecule has 0 bridgehead atoms. The molecule has 0 aliphatic heterocycles.